The van der Waals surface area contributed by atoms with E-state index in [0.717, 1.165) is 18.2 Å². The van der Waals surface area contributed by atoms with E-state index in [9.17, 15) is 22.8 Å². The smallest absolute Gasteiger partial charge is 0.399 e. The third-order valence-electron chi connectivity index (χ3n) is 6.67. The molecule has 210 valence electrons. The Hall–Kier alpha value is -2.52. The van der Waals surface area contributed by atoms with Gasteiger partial charge in [-0.15, -0.1) is 0 Å². The second kappa shape index (κ2) is 12.1. The zero-order valence-electron chi connectivity index (χ0n) is 20.9. The van der Waals surface area contributed by atoms with Gasteiger partial charge in [0.2, 0.25) is 5.91 Å². The van der Waals surface area contributed by atoms with E-state index in [1.54, 1.807) is 43.5 Å². The van der Waals surface area contributed by atoms with Crippen LogP contribution in [0.1, 0.15) is 46.7 Å². The number of ketones is 1. The molecule has 40 heavy (non-hydrogen) atoms. The van der Waals surface area contributed by atoms with E-state index in [4.69, 9.17) is 39.5 Å². The van der Waals surface area contributed by atoms with Gasteiger partial charge in [-0.2, -0.15) is 13.2 Å². The summed E-state index contributed by atoms with van der Waals surface area (Å²) in [5, 5.41) is 2.68. The highest BCUT2D eigenvalue weighted by Crippen LogP contribution is 2.50. The van der Waals surface area contributed by atoms with Crippen molar-refractivity contribution >= 4 is 74.2 Å². The van der Waals surface area contributed by atoms with Crippen molar-refractivity contribution in [1.82, 2.24) is 0 Å². The largest absolute Gasteiger partial charge is 0.497 e. The average molecular weight is 676 g/mol. The molecule has 11 heteroatoms. The summed E-state index contributed by atoms with van der Waals surface area (Å²) in [5.74, 6) is -1.81. The lowest BCUT2D eigenvalue weighted by atomic mass is 9.93. The molecular weight excluding hydrogens is 654 g/mol. The van der Waals surface area contributed by atoms with E-state index in [-0.39, 0.29) is 38.7 Å². The number of halogens is 7. The summed E-state index contributed by atoms with van der Waals surface area (Å²) >= 11 is 21.1. The molecule has 4 nitrogen and oxygen atoms in total. The standard InChI is InChI=1S/C29H22BrCl3F3NO3/c1-40-19-6-4-18(5-7-19)37-27(39)28(10-11-28)15-25(38)20-8-2-16(12-22(20)30)3-9-21(29(34,35)36)17-13-23(31)26(33)24(32)14-17/h2-9,12-14,21H,10-11,15H2,1H3,(H,37,39)/b9-3+. The Morgan fingerprint density at radius 2 is 1.68 bits per heavy atom. The van der Waals surface area contributed by atoms with Crippen LogP contribution in [0.15, 0.2) is 65.1 Å². The number of methoxy groups -OCH3 is 1. The molecule has 1 atom stereocenters. The van der Waals surface area contributed by atoms with E-state index in [1.807, 2.05) is 0 Å². The monoisotopic (exact) mass is 673 g/mol. The third kappa shape index (κ3) is 7.03. The number of benzene rings is 3. The summed E-state index contributed by atoms with van der Waals surface area (Å²) in [6, 6.07) is 13.8. The van der Waals surface area contributed by atoms with Gasteiger partial charge in [-0.25, -0.2) is 0 Å². The fraction of sp³-hybridized carbons (Fsp3) is 0.241. The Balaban J connectivity index is 1.47. The van der Waals surface area contributed by atoms with Gasteiger partial charge in [-0.05, 0) is 72.5 Å². The molecule has 4 rings (SSSR count). The van der Waals surface area contributed by atoms with Crippen molar-refractivity contribution in [2.45, 2.75) is 31.4 Å². The van der Waals surface area contributed by atoms with E-state index >= 15 is 0 Å². The first-order valence-electron chi connectivity index (χ1n) is 12.0. The molecule has 3 aromatic rings. The lowest BCUT2D eigenvalue weighted by molar-refractivity contribution is -0.139. The maximum Gasteiger partial charge on any atom is 0.399 e. The van der Waals surface area contributed by atoms with Crippen molar-refractivity contribution in [1.29, 1.82) is 0 Å². The number of allylic oxidation sites excluding steroid dienone is 1. The van der Waals surface area contributed by atoms with Gasteiger partial charge in [-0.3, -0.25) is 9.59 Å². The van der Waals surface area contributed by atoms with E-state index in [1.165, 1.54) is 12.1 Å². The van der Waals surface area contributed by atoms with Crippen LogP contribution in [0, 0.1) is 5.41 Å². The second-order valence-corrected chi connectivity index (χ2v) is 11.5. The highest BCUT2D eigenvalue weighted by Gasteiger charge is 2.51. The molecule has 1 aliphatic rings. The number of rotatable bonds is 9. The van der Waals surface area contributed by atoms with Crippen LogP contribution in [0.25, 0.3) is 6.08 Å². The van der Waals surface area contributed by atoms with Crippen molar-refractivity contribution in [2.24, 2.45) is 5.41 Å². The average Bonchev–Trinajstić information content (AvgIpc) is 3.67. The predicted molar refractivity (Wildman–Crippen MR) is 156 cm³/mol. The molecule has 0 spiro atoms. The van der Waals surface area contributed by atoms with Crippen LogP contribution in [0.5, 0.6) is 5.75 Å². The Morgan fingerprint density at radius 3 is 2.20 bits per heavy atom. The second-order valence-electron chi connectivity index (χ2n) is 9.48. The number of amides is 1. The van der Waals surface area contributed by atoms with Gasteiger partial charge in [0, 0.05) is 22.1 Å². The fourth-order valence-electron chi connectivity index (χ4n) is 4.21. The van der Waals surface area contributed by atoms with E-state index in [2.05, 4.69) is 21.2 Å². The summed E-state index contributed by atoms with van der Waals surface area (Å²) in [4.78, 5) is 26.1. The first kappa shape index (κ1) is 30.4. The van der Waals surface area contributed by atoms with Crippen molar-refractivity contribution in [3.63, 3.8) is 0 Å². The van der Waals surface area contributed by atoms with Crippen LogP contribution >= 0.6 is 50.7 Å². The van der Waals surface area contributed by atoms with Gasteiger partial charge in [0.1, 0.15) is 5.75 Å². The van der Waals surface area contributed by atoms with Gasteiger partial charge in [0.15, 0.2) is 5.78 Å². The minimum Gasteiger partial charge on any atom is -0.497 e. The SMILES string of the molecule is COc1ccc(NC(=O)C2(CC(=O)c3ccc(/C=C/C(c4cc(Cl)c(Cl)c(Cl)c4)C(F)(F)F)cc3Br)CC2)cc1. The number of anilines is 1. The quantitative estimate of drug-likeness (QED) is 0.182. The summed E-state index contributed by atoms with van der Waals surface area (Å²) in [6.07, 6.45) is -1.15. The minimum atomic E-state index is -4.62. The normalized spacial score (nSPS) is 15.1. The van der Waals surface area contributed by atoms with Crippen LogP contribution in [0.3, 0.4) is 0 Å². The van der Waals surface area contributed by atoms with E-state index in [0.29, 0.717) is 39.9 Å². The Bertz CT molecular complexity index is 1450. The van der Waals surface area contributed by atoms with Gasteiger partial charge in [0.25, 0.3) is 0 Å². The first-order valence-corrected chi connectivity index (χ1v) is 13.9. The maximum absolute atomic E-state index is 13.9. The lowest BCUT2D eigenvalue weighted by Gasteiger charge is -2.18. The summed E-state index contributed by atoms with van der Waals surface area (Å²) < 4.78 is 47.1. The Labute approximate surface area is 252 Å². The fourth-order valence-corrected chi connectivity index (χ4v) is 5.44. The number of carbonyl (C=O) groups is 2. The molecule has 0 saturated heterocycles. The number of ether oxygens (including phenoxy) is 1. The molecule has 3 aromatic carbocycles. The van der Waals surface area contributed by atoms with Gasteiger partial charge >= 0.3 is 6.18 Å². The number of carbonyl (C=O) groups excluding carboxylic acids is 2. The number of nitrogens with one attached hydrogen (secondary N) is 1. The maximum atomic E-state index is 13.9. The molecule has 1 N–H and O–H groups in total. The summed E-state index contributed by atoms with van der Waals surface area (Å²) in [7, 11) is 1.55. The number of hydrogen-bond donors (Lipinski definition) is 1. The first-order chi connectivity index (χ1) is 18.8. The van der Waals surface area contributed by atoms with Gasteiger partial charge < -0.3 is 10.1 Å². The third-order valence-corrected chi connectivity index (χ3v) is 8.53. The molecule has 1 saturated carbocycles. The number of Topliss-reactive ketones (excluding diaryl/α,β-unsaturated/α-hetero) is 1. The van der Waals surface area contributed by atoms with Crippen LogP contribution in [0.4, 0.5) is 18.9 Å². The number of alkyl halides is 3. The Kier molecular flexibility index (Phi) is 9.25. The number of hydrogen-bond acceptors (Lipinski definition) is 3. The summed E-state index contributed by atoms with van der Waals surface area (Å²) in [6.45, 7) is 0. The molecule has 1 fully saturated rings. The van der Waals surface area contributed by atoms with Crippen molar-refractivity contribution in [3.05, 3.63) is 96.9 Å². The highest BCUT2D eigenvalue weighted by atomic mass is 79.9. The van der Waals surface area contributed by atoms with Crippen LogP contribution in [-0.2, 0) is 4.79 Å². The predicted octanol–water partition coefficient (Wildman–Crippen LogP) is 9.77. The molecular formula is C29H22BrCl3F3NO3. The molecule has 1 aliphatic carbocycles. The van der Waals surface area contributed by atoms with E-state index < -0.39 is 17.5 Å². The van der Waals surface area contributed by atoms with Crippen LogP contribution in [-0.4, -0.2) is 25.0 Å². The molecule has 1 unspecified atom stereocenters. The van der Waals surface area contributed by atoms with Crippen LogP contribution < -0.4 is 10.1 Å². The zero-order chi connectivity index (χ0) is 29.2. The molecule has 0 bridgehead atoms. The molecule has 0 heterocycles. The van der Waals surface area contributed by atoms with Crippen molar-refractivity contribution in [3.8, 4) is 5.75 Å². The van der Waals surface area contributed by atoms with Crippen molar-refractivity contribution < 1.29 is 27.5 Å². The topological polar surface area (TPSA) is 55.4 Å². The molecule has 0 radical (unpaired) electrons. The lowest BCUT2D eigenvalue weighted by Crippen LogP contribution is -2.26. The summed E-state index contributed by atoms with van der Waals surface area (Å²) in [5.41, 5.74) is 0.418. The minimum absolute atomic E-state index is 0.0109. The molecule has 1 amide bonds. The van der Waals surface area contributed by atoms with Crippen LogP contribution in [0.2, 0.25) is 15.1 Å². The molecule has 0 aliphatic heterocycles. The van der Waals surface area contributed by atoms with Gasteiger partial charge in [-0.1, -0.05) is 69.0 Å². The van der Waals surface area contributed by atoms with Crippen molar-refractivity contribution in [2.75, 3.05) is 12.4 Å². The zero-order valence-corrected chi connectivity index (χ0v) is 24.8. The van der Waals surface area contributed by atoms with Gasteiger partial charge in [0.05, 0.1) is 33.5 Å². The molecule has 0 aromatic heterocycles. The highest BCUT2D eigenvalue weighted by molar-refractivity contribution is 9.10. The Morgan fingerprint density at radius 1 is 1.05 bits per heavy atom.